The second-order valence-corrected chi connectivity index (χ2v) is 4.24. The molecule has 0 spiro atoms. The van der Waals surface area contributed by atoms with Crippen molar-refractivity contribution in [3.05, 3.63) is 0 Å². The van der Waals surface area contributed by atoms with Crippen molar-refractivity contribution in [2.45, 2.75) is 65.5 Å². The van der Waals surface area contributed by atoms with Crippen LogP contribution in [0.15, 0.2) is 0 Å². The molecule has 0 bridgehead atoms. The molecule has 0 aliphatic heterocycles. The average molecular weight is 201 g/mol. The van der Waals surface area contributed by atoms with Crippen molar-refractivity contribution < 1.29 is 5.11 Å². The highest BCUT2D eigenvalue weighted by atomic mass is 16.3. The van der Waals surface area contributed by atoms with Gasteiger partial charge < -0.3 is 10.4 Å². The molecule has 0 aliphatic rings. The fourth-order valence-corrected chi connectivity index (χ4v) is 1.74. The third-order valence-corrected chi connectivity index (χ3v) is 3.11. The van der Waals surface area contributed by atoms with Crippen molar-refractivity contribution >= 4 is 0 Å². The topological polar surface area (TPSA) is 32.3 Å². The first-order chi connectivity index (χ1) is 6.69. The van der Waals surface area contributed by atoms with Crippen LogP contribution in [0.2, 0.25) is 0 Å². The molecule has 0 saturated heterocycles. The first-order valence-corrected chi connectivity index (χ1v) is 6.06. The smallest absolute Gasteiger partial charge is 0.0587 e. The van der Waals surface area contributed by atoms with Crippen LogP contribution in [-0.2, 0) is 0 Å². The zero-order valence-electron chi connectivity index (χ0n) is 10.2. The highest BCUT2D eigenvalue weighted by Crippen LogP contribution is 2.10. The molecule has 0 aromatic carbocycles. The van der Waals surface area contributed by atoms with Crippen molar-refractivity contribution in [2.24, 2.45) is 5.92 Å². The molecule has 0 aliphatic carbocycles. The molecule has 0 radical (unpaired) electrons. The van der Waals surface area contributed by atoms with E-state index in [0.717, 1.165) is 12.8 Å². The first kappa shape index (κ1) is 13.9. The first-order valence-electron chi connectivity index (χ1n) is 6.06. The van der Waals surface area contributed by atoms with Gasteiger partial charge in [-0.05, 0) is 18.8 Å². The van der Waals surface area contributed by atoms with E-state index >= 15 is 0 Å². The third kappa shape index (κ3) is 4.97. The van der Waals surface area contributed by atoms with Crippen molar-refractivity contribution in [2.75, 3.05) is 6.61 Å². The summed E-state index contributed by atoms with van der Waals surface area (Å²) in [6, 6.07) is 0.850. The van der Waals surface area contributed by atoms with Gasteiger partial charge >= 0.3 is 0 Å². The highest BCUT2D eigenvalue weighted by molar-refractivity contribution is 4.76. The van der Waals surface area contributed by atoms with E-state index in [-0.39, 0.29) is 12.6 Å². The van der Waals surface area contributed by atoms with Gasteiger partial charge in [-0.3, -0.25) is 0 Å². The second-order valence-electron chi connectivity index (χ2n) is 4.24. The molecule has 0 amide bonds. The van der Waals surface area contributed by atoms with Gasteiger partial charge in [0.15, 0.2) is 0 Å². The molecule has 0 fully saturated rings. The predicted octanol–water partition coefficient (Wildman–Crippen LogP) is 2.56. The number of nitrogens with one attached hydrogen (secondary N) is 1. The second kappa shape index (κ2) is 8.25. The maximum absolute atomic E-state index is 9.28. The average Bonchev–Trinajstić information content (AvgIpc) is 2.23. The van der Waals surface area contributed by atoms with E-state index in [2.05, 4.69) is 33.0 Å². The lowest BCUT2D eigenvalue weighted by Crippen LogP contribution is -2.44. The fraction of sp³-hybridized carbons (Fsp3) is 1.00. The molecule has 0 heterocycles. The monoisotopic (exact) mass is 201 g/mol. The lowest BCUT2D eigenvalue weighted by Gasteiger charge is -2.27. The zero-order chi connectivity index (χ0) is 11.0. The Morgan fingerprint density at radius 3 is 2.14 bits per heavy atom. The summed E-state index contributed by atoms with van der Waals surface area (Å²) in [4.78, 5) is 0. The summed E-state index contributed by atoms with van der Waals surface area (Å²) in [5, 5.41) is 12.8. The molecule has 2 heteroatoms. The molecular weight excluding hydrogens is 174 g/mol. The molecular formula is C12H27NO. The molecule has 3 unspecified atom stereocenters. The Morgan fingerprint density at radius 2 is 1.79 bits per heavy atom. The number of aliphatic hydroxyl groups excluding tert-OH is 1. The van der Waals surface area contributed by atoms with Crippen LogP contribution in [0.25, 0.3) is 0 Å². The van der Waals surface area contributed by atoms with Crippen LogP contribution in [0.4, 0.5) is 0 Å². The van der Waals surface area contributed by atoms with Crippen LogP contribution in [0, 0.1) is 5.92 Å². The summed E-state index contributed by atoms with van der Waals surface area (Å²) in [7, 11) is 0. The minimum atomic E-state index is 0.259. The lowest BCUT2D eigenvalue weighted by atomic mass is 9.97. The van der Waals surface area contributed by atoms with Crippen molar-refractivity contribution in [1.82, 2.24) is 5.32 Å². The number of hydrogen-bond donors (Lipinski definition) is 2. The normalized spacial score (nSPS) is 17.8. The number of rotatable bonds is 8. The van der Waals surface area contributed by atoms with Crippen LogP contribution in [0.1, 0.15) is 53.4 Å². The van der Waals surface area contributed by atoms with Gasteiger partial charge in [-0.1, -0.05) is 40.5 Å². The summed E-state index contributed by atoms with van der Waals surface area (Å²) in [5.41, 5.74) is 0. The van der Waals surface area contributed by atoms with Gasteiger partial charge in [0, 0.05) is 12.1 Å². The van der Waals surface area contributed by atoms with Gasteiger partial charge in [0.25, 0.3) is 0 Å². The minimum Gasteiger partial charge on any atom is -0.395 e. The maximum Gasteiger partial charge on any atom is 0.0587 e. The molecule has 3 atom stereocenters. The van der Waals surface area contributed by atoms with Crippen molar-refractivity contribution in [3.8, 4) is 0 Å². The molecule has 0 saturated carbocycles. The maximum atomic E-state index is 9.28. The molecule has 86 valence electrons. The number of hydrogen-bond acceptors (Lipinski definition) is 2. The van der Waals surface area contributed by atoms with E-state index in [1.54, 1.807) is 0 Å². The molecule has 0 aromatic rings. The molecule has 0 aromatic heterocycles. The van der Waals surface area contributed by atoms with Crippen molar-refractivity contribution in [3.63, 3.8) is 0 Å². The third-order valence-electron chi connectivity index (χ3n) is 3.11. The van der Waals surface area contributed by atoms with Crippen LogP contribution >= 0.6 is 0 Å². The Balaban J connectivity index is 3.99. The Labute approximate surface area is 89.1 Å². The molecule has 2 nitrogen and oxygen atoms in total. The largest absolute Gasteiger partial charge is 0.395 e. The summed E-state index contributed by atoms with van der Waals surface area (Å²) in [6.07, 6.45) is 4.70. The fourth-order valence-electron chi connectivity index (χ4n) is 1.74. The molecule has 14 heavy (non-hydrogen) atoms. The van der Waals surface area contributed by atoms with E-state index in [9.17, 15) is 5.11 Å². The van der Waals surface area contributed by atoms with Gasteiger partial charge in [0.2, 0.25) is 0 Å². The minimum absolute atomic E-state index is 0.259. The summed E-state index contributed by atoms with van der Waals surface area (Å²) in [5.74, 6) is 0.561. The van der Waals surface area contributed by atoms with Crippen molar-refractivity contribution in [1.29, 1.82) is 0 Å². The predicted molar refractivity (Wildman–Crippen MR) is 62.5 cm³/mol. The Kier molecular flexibility index (Phi) is 8.20. The van der Waals surface area contributed by atoms with Gasteiger partial charge in [-0.2, -0.15) is 0 Å². The standard InChI is InChI=1S/C12H27NO/c1-5-8-11(7-3)13-12(9-14)10(4)6-2/h10-14H,5-9H2,1-4H3. The van der Waals surface area contributed by atoms with E-state index in [1.807, 2.05) is 0 Å². The molecule has 0 rings (SSSR count). The van der Waals surface area contributed by atoms with E-state index in [4.69, 9.17) is 0 Å². The van der Waals surface area contributed by atoms with Crippen LogP contribution in [-0.4, -0.2) is 23.8 Å². The Hall–Kier alpha value is -0.0800. The molecule has 2 N–H and O–H groups in total. The van der Waals surface area contributed by atoms with E-state index < -0.39 is 0 Å². The number of aliphatic hydroxyl groups is 1. The van der Waals surface area contributed by atoms with Gasteiger partial charge in [-0.25, -0.2) is 0 Å². The van der Waals surface area contributed by atoms with E-state index in [0.29, 0.717) is 12.0 Å². The summed E-state index contributed by atoms with van der Waals surface area (Å²) >= 11 is 0. The van der Waals surface area contributed by atoms with Gasteiger partial charge in [-0.15, -0.1) is 0 Å². The summed E-state index contributed by atoms with van der Waals surface area (Å²) in [6.45, 7) is 9.05. The van der Waals surface area contributed by atoms with Crippen LogP contribution in [0.3, 0.4) is 0 Å². The van der Waals surface area contributed by atoms with Crippen LogP contribution in [0.5, 0.6) is 0 Å². The SMILES string of the molecule is CCCC(CC)NC(CO)C(C)CC. The Morgan fingerprint density at radius 1 is 1.14 bits per heavy atom. The van der Waals surface area contributed by atoms with Gasteiger partial charge in [0.05, 0.1) is 6.61 Å². The Bertz CT molecular complexity index is 127. The van der Waals surface area contributed by atoms with E-state index in [1.165, 1.54) is 12.8 Å². The zero-order valence-corrected chi connectivity index (χ0v) is 10.2. The van der Waals surface area contributed by atoms with Gasteiger partial charge in [0.1, 0.15) is 0 Å². The van der Waals surface area contributed by atoms with Crippen LogP contribution < -0.4 is 5.32 Å². The lowest BCUT2D eigenvalue weighted by molar-refractivity contribution is 0.186. The highest BCUT2D eigenvalue weighted by Gasteiger charge is 2.17. The summed E-state index contributed by atoms with van der Waals surface area (Å²) < 4.78 is 0. The quantitative estimate of drug-likeness (QED) is 0.632.